The van der Waals surface area contributed by atoms with E-state index in [1.807, 2.05) is 6.07 Å². The Hall–Kier alpha value is -2.23. The van der Waals surface area contributed by atoms with Gasteiger partial charge < -0.3 is 10.6 Å². The monoisotopic (exact) mass is 285 g/mol. The lowest BCUT2D eigenvalue weighted by molar-refractivity contribution is -0.137. The molecule has 1 rings (SSSR count). The van der Waals surface area contributed by atoms with Crippen LogP contribution in [0.3, 0.4) is 0 Å². The third-order valence-electron chi connectivity index (χ3n) is 2.47. The Morgan fingerprint density at radius 2 is 2.15 bits per heavy atom. The van der Waals surface area contributed by atoms with Gasteiger partial charge in [-0.05, 0) is 25.1 Å². The highest BCUT2D eigenvalue weighted by Gasteiger charge is 2.30. The smallest absolute Gasteiger partial charge is 0.376 e. The zero-order valence-corrected chi connectivity index (χ0v) is 10.8. The van der Waals surface area contributed by atoms with Gasteiger partial charge in [0.05, 0.1) is 24.1 Å². The van der Waals surface area contributed by atoms with Crippen molar-refractivity contribution in [3.05, 3.63) is 29.8 Å². The first-order valence-corrected chi connectivity index (χ1v) is 5.90. The summed E-state index contributed by atoms with van der Waals surface area (Å²) in [6.45, 7) is 1.71. The van der Waals surface area contributed by atoms with E-state index in [0.29, 0.717) is 0 Å². The van der Waals surface area contributed by atoms with Gasteiger partial charge in [0, 0.05) is 12.2 Å². The summed E-state index contributed by atoms with van der Waals surface area (Å²) >= 11 is 0. The molecule has 7 heteroatoms. The second-order valence-electron chi connectivity index (χ2n) is 4.27. The van der Waals surface area contributed by atoms with Crippen LogP contribution in [0.25, 0.3) is 0 Å². The van der Waals surface area contributed by atoms with Crippen LogP contribution in [0.1, 0.15) is 12.5 Å². The van der Waals surface area contributed by atoms with Crippen LogP contribution in [0.15, 0.2) is 24.3 Å². The molecule has 0 aliphatic rings. The molecule has 2 N–H and O–H groups in total. The van der Waals surface area contributed by atoms with Crippen LogP contribution in [0.5, 0.6) is 0 Å². The summed E-state index contributed by atoms with van der Waals surface area (Å²) in [5.41, 5.74) is -0.565. The summed E-state index contributed by atoms with van der Waals surface area (Å²) in [7, 11) is 0. The Labute approximate surface area is 114 Å². The predicted octanol–water partition coefficient (Wildman–Crippen LogP) is 2.39. The van der Waals surface area contributed by atoms with Crippen LogP contribution in [-0.4, -0.2) is 19.0 Å². The van der Waals surface area contributed by atoms with Crippen LogP contribution < -0.4 is 10.6 Å². The second kappa shape index (κ2) is 6.80. The number of amides is 1. The number of rotatable bonds is 5. The third-order valence-corrected chi connectivity index (χ3v) is 2.47. The number of nitrogens with zero attached hydrogens (tertiary/aromatic N) is 1. The summed E-state index contributed by atoms with van der Waals surface area (Å²) < 4.78 is 37.4. The molecule has 0 saturated carbocycles. The summed E-state index contributed by atoms with van der Waals surface area (Å²) in [5, 5.41) is 13.6. The van der Waals surface area contributed by atoms with Gasteiger partial charge in [0.1, 0.15) is 0 Å². The number of halogens is 3. The zero-order chi connectivity index (χ0) is 15.2. The van der Waals surface area contributed by atoms with E-state index in [2.05, 4.69) is 10.6 Å². The Morgan fingerprint density at radius 1 is 1.45 bits per heavy atom. The quantitative estimate of drug-likeness (QED) is 0.873. The van der Waals surface area contributed by atoms with Gasteiger partial charge in [-0.3, -0.25) is 4.79 Å². The predicted molar refractivity (Wildman–Crippen MR) is 67.7 cm³/mol. The van der Waals surface area contributed by atoms with Crippen LogP contribution in [0, 0.1) is 17.2 Å². The van der Waals surface area contributed by atoms with Crippen molar-refractivity contribution in [1.82, 2.24) is 5.32 Å². The first kappa shape index (κ1) is 15.8. The lowest BCUT2D eigenvalue weighted by Gasteiger charge is -2.11. The van der Waals surface area contributed by atoms with E-state index < -0.39 is 11.7 Å². The molecule has 0 aliphatic heterocycles. The molecule has 0 spiro atoms. The molecular weight excluding hydrogens is 271 g/mol. The summed E-state index contributed by atoms with van der Waals surface area (Å²) in [6, 6.07) is 6.56. The molecule has 1 aromatic rings. The number of carbonyl (C=O) groups is 1. The minimum Gasteiger partial charge on any atom is -0.376 e. The van der Waals surface area contributed by atoms with Gasteiger partial charge in [-0.15, -0.1) is 0 Å². The van der Waals surface area contributed by atoms with Crippen LogP contribution in [0.4, 0.5) is 18.9 Å². The highest BCUT2D eigenvalue weighted by Crippen LogP contribution is 2.30. The fraction of sp³-hybridized carbons (Fsp3) is 0.385. The van der Waals surface area contributed by atoms with E-state index in [1.54, 1.807) is 6.92 Å². The molecule has 1 atom stereocenters. The number of carbonyl (C=O) groups excluding carboxylic acids is 1. The number of nitrogens with one attached hydrogen (secondary N) is 2. The summed E-state index contributed by atoms with van der Waals surface area (Å²) in [4.78, 5) is 11.4. The molecule has 0 aliphatic carbocycles. The SMILES string of the molecule is C[C@@H](C#N)CNC(=O)CNc1cccc(C(F)(F)F)c1. The topological polar surface area (TPSA) is 64.9 Å². The van der Waals surface area contributed by atoms with Crippen molar-refractivity contribution in [3.8, 4) is 6.07 Å². The maximum Gasteiger partial charge on any atom is 0.416 e. The minimum atomic E-state index is -4.41. The van der Waals surface area contributed by atoms with Gasteiger partial charge in [0.2, 0.25) is 5.91 Å². The van der Waals surface area contributed by atoms with E-state index in [-0.39, 0.29) is 30.6 Å². The van der Waals surface area contributed by atoms with Crippen molar-refractivity contribution in [2.45, 2.75) is 13.1 Å². The Morgan fingerprint density at radius 3 is 2.75 bits per heavy atom. The highest BCUT2D eigenvalue weighted by molar-refractivity contribution is 5.80. The van der Waals surface area contributed by atoms with Gasteiger partial charge in [0.15, 0.2) is 0 Å². The van der Waals surface area contributed by atoms with E-state index >= 15 is 0 Å². The van der Waals surface area contributed by atoms with Crippen molar-refractivity contribution >= 4 is 11.6 Å². The maximum absolute atomic E-state index is 12.5. The molecule has 1 aromatic carbocycles. The average molecular weight is 285 g/mol. The van der Waals surface area contributed by atoms with Crippen LogP contribution in [-0.2, 0) is 11.0 Å². The van der Waals surface area contributed by atoms with Crippen molar-refractivity contribution in [2.75, 3.05) is 18.4 Å². The van der Waals surface area contributed by atoms with E-state index in [9.17, 15) is 18.0 Å². The second-order valence-corrected chi connectivity index (χ2v) is 4.27. The number of nitriles is 1. The molecule has 0 aromatic heterocycles. The Balaban J connectivity index is 2.50. The number of alkyl halides is 3. The summed E-state index contributed by atoms with van der Waals surface area (Å²) in [5.74, 6) is -0.697. The molecule has 0 heterocycles. The van der Waals surface area contributed by atoms with Crippen molar-refractivity contribution in [2.24, 2.45) is 5.92 Å². The zero-order valence-electron chi connectivity index (χ0n) is 10.8. The van der Waals surface area contributed by atoms with Crippen LogP contribution >= 0.6 is 0 Å². The largest absolute Gasteiger partial charge is 0.416 e. The fourth-order valence-corrected chi connectivity index (χ4v) is 1.36. The highest BCUT2D eigenvalue weighted by atomic mass is 19.4. The third kappa shape index (κ3) is 5.18. The normalized spacial score (nSPS) is 12.3. The van der Waals surface area contributed by atoms with Gasteiger partial charge in [-0.25, -0.2) is 0 Å². The van der Waals surface area contributed by atoms with E-state index in [0.717, 1.165) is 12.1 Å². The number of anilines is 1. The van der Waals surface area contributed by atoms with Crippen LogP contribution in [0.2, 0.25) is 0 Å². The maximum atomic E-state index is 12.5. The first-order chi connectivity index (χ1) is 9.32. The lowest BCUT2D eigenvalue weighted by Crippen LogP contribution is -2.32. The Kier molecular flexibility index (Phi) is 5.38. The molecule has 0 radical (unpaired) electrons. The summed E-state index contributed by atoms with van der Waals surface area (Å²) in [6.07, 6.45) is -4.41. The van der Waals surface area contributed by atoms with E-state index in [4.69, 9.17) is 5.26 Å². The molecule has 20 heavy (non-hydrogen) atoms. The molecule has 0 unspecified atom stereocenters. The molecule has 0 fully saturated rings. The molecule has 1 amide bonds. The number of benzene rings is 1. The molecule has 4 nitrogen and oxygen atoms in total. The lowest BCUT2D eigenvalue weighted by atomic mass is 10.2. The molecule has 0 saturated heterocycles. The van der Waals surface area contributed by atoms with Gasteiger partial charge in [-0.1, -0.05) is 6.07 Å². The fourth-order valence-electron chi connectivity index (χ4n) is 1.36. The molecule has 0 bridgehead atoms. The van der Waals surface area contributed by atoms with Crippen molar-refractivity contribution < 1.29 is 18.0 Å². The van der Waals surface area contributed by atoms with Crippen molar-refractivity contribution in [1.29, 1.82) is 5.26 Å². The van der Waals surface area contributed by atoms with Gasteiger partial charge in [-0.2, -0.15) is 18.4 Å². The average Bonchev–Trinajstić information content (AvgIpc) is 2.41. The molecule has 108 valence electrons. The standard InChI is InChI=1S/C13H14F3N3O/c1-9(6-17)7-19-12(20)8-18-11-4-2-3-10(5-11)13(14,15)16/h2-5,9,18H,7-8H2,1H3,(H,19,20)/t9-/m0/s1. The number of hydrogen-bond acceptors (Lipinski definition) is 3. The van der Waals surface area contributed by atoms with Crippen molar-refractivity contribution in [3.63, 3.8) is 0 Å². The Bertz CT molecular complexity index is 508. The first-order valence-electron chi connectivity index (χ1n) is 5.90. The number of hydrogen-bond donors (Lipinski definition) is 2. The van der Waals surface area contributed by atoms with E-state index in [1.165, 1.54) is 12.1 Å². The minimum absolute atomic E-state index is 0.153. The van der Waals surface area contributed by atoms with Gasteiger partial charge >= 0.3 is 6.18 Å². The van der Waals surface area contributed by atoms with Gasteiger partial charge in [0.25, 0.3) is 0 Å². The molecular formula is C13H14F3N3O.